The molecule has 69 valence electrons. The Morgan fingerprint density at radius 1 is 0.889 bits per heavy atom. The van der Waals surface area contributed by atoms with Crippen LogP contribution in [0.4, 0.5) is 0 Å². The molecule has 0 aromatic rings. The Morgan fingerprint density at radius 2 is 0.889 bits per heavy atom. The van der Waals surface area contributed by atoms with Crippen molar-refractivity contribution in [2.75, 3.05) is 0 Å². The van der Waals surface area contributed by atoms with Crippen LogP contribution in [0.3, 0.4) is 0 Å². The fourth-order valence-electron chi connectivity index (χ4n) is 0. The largest absolute Gasteiger partial charge is 0.412 e. The van der Waals surface area contributed by atoms with Gasteiger partial charge in [-0.1, -0.05) is 0 Å². The maximum absolute atomic E-state index is 8.25. The molecule has 0 aromatic carbocycles. The van der Waals surface area contributed by atoms with Gasteiger partial charge in [0, 0.05) is 36.9 Å². The number of nitrogens with zero attached hydrogens (tertiary/aromatic N) is 1. The van der Waals surface area contributed by atoms with Crippen LogP contribution in [0, 0.1) is 52.2 Å². The van der Waals surface area contributed by atoms with Crippen molar-refractivity contribution in [2.24, 2.45) is 0 Å². The van der Waals surface area contributed by atoms with E-state index in [2.05, 4.69) is 0 Å². The molecule has 0 spiro atoms. The summed E-state index contributed by atoms with van der Waals surface area (Å²) in [5, 5.41) is 14.8. The molecule has 0 saturated heterocycles. The SMILES string of the molecule is O.O.O.O.O=[N+]([O-])[O-].[Tm]. The Kier molecular flexibility index (Phi) is 269. The van der Waals surface area contributed by atoms with Gasteiger partial charge in [-0.15, -0.1) is 0 Å². The maximum Gasteiger partial charge on any atom is 0.0689 e. The van der Waals surface area contributed by atoms with Crippen molar-refractivity contribution in [1.29, 1.82) is 0 Å². The minimum absolute atomic E-state index is 0. The second-order valence-electron chi connectivity index (χ2n) is 0.224. The summed E-state index contributed by atoms with van der Waals surface area (Å²) in [7, 11) is 0. The zero-order valence-electron chi connectivity index (χ0n) is 3.95. The molecule has 0 aromatic heterocycles. The number of hydrogen-bond acceptors (Lipinski definition) is 3. The van der Waals surface area contributed by atoms with Crippen LogP contribution in [0.2, 0.25) is 0 Å². The molecule has 0 rings (SSSR count). The van der Waals surface area contributed by atoms with Crippen molar-refractivity contribution in [2.45, 2.75) is 0 Å². The summed E-state index contributed by atoms with van der Waals surface area (Å²) < 4.78 is 0. The predicted octanol–water partition coefficient (Wildman–Crippen LogP) is -3.54. The summed E-state index contributed by atoms with van der Waals surface area (Å²) in [6, 6.07) is 0. The first-order valence-corrected chi connectivity index (χ1v) is 0.548. The van der Waals surface area contributed by atoms with E-state index in [-0.39, 0.29) is 58.8 Å². The van der Waals surface area contributed by atoms with Crippen LogP contribution in [-0.4, -0.2) is 27.0 Å². The molecule has 0 aliphatic rings. The van der Waals surface area contributed by atoms with Gasteiger partial charge in [0.05, 0.1) is 5.09 Å². The molecule has 0 atom stereocenters. The Balaban J connectivity index is -0.00000000450. The fraction of sp³-hybridized carbons (Fsp3) is 0. The van der Waals surface area contributed by atoms with Crippen LogP contribution >= 0.6 is 0 Å². The third kappa shape index (κ3) is 4350. The molecular weight excluding hydrogens is 295 g/mol. The van der Waals surface area contributed by atoms with Crippen LogP contribution in [0.25, 0.3) is 0 Å². The van der Waals surface area contributed by atoms with Crippen molar-refractivity contribution in [3.05, 3.63) is 15.3 Å². The monoisotopic (exact) mass is 303 g/mol. The minimum atomic E-state index is -1.75. The van der Waals surface area contributed by atoms with Crippen molar-refractivity contribution in [3.63, 3.8) is 0 Å². The van der Waals surface area contributed by atoms with Gasteiger partial charge in [0.15, 0.2) is 0 Å². The van der Waals surface area contributed by atoms with Crippen LogP contribution in [0.15, 0.2) is 0 Å². The van der Waals surface area contributed by atoms with Gasteiger partial charge in [0.25, 0.3) is 0 Å². The summed E-state index contributed by atoms with van der Waals surface area (Å²) in [5.41, 5.74) is 0. The third-order valence-corrected chi connectivity index (χ3v) is 0. The number of hydrogen-bond donors (Lipinski definition) is 0. The molecule has 8 nitrogen and oxygen atoms in total. The molecule has 0 unspecified atom stereocenters. The quantitative estimate of drug-likeness (QED) is 0.331. The van der Waals surface area contributed by atoms with E-state index in [1.807, 2.05) is 0 Å². The molecule has 0 aliphatic carbocycles. The third-order valence-electron chi connectivity index (χ3n) is 0. The molecule has 0 amide bonds. The second kappa shape index (κ2) is 40.8. The first-order valence-electron chi connectivity index (χ1n) is 0.548. The van der Waals surface area contributed by atoms with Crippen LogP contribution in [0.1, 0.15) is 0 Å². The van der Waals surface area contributed by atoms with E-state index in [4.69, 9.17) is 15.3 Å². The molecule has 0 bridgehead atoms. The molecule has 9 heavy (non-hydrogen) atoms. The van der Waals surface area contributed by atoms with Crippen molar-refractivity contribution in [1.82, 2.24) is 0 Å². The zero-order chi connectivity index (χ0) is 3.58. The van der Waals surface area contributed by atoms with E-state index >= 15 is 0 Å². The first kappa shape index (κ1) is 59.2. The molecule has 1 radical (unpaired) electrons. The zero-order valence-corrected chi connectivity index (χ0v) is 5.73. The van der Waals surface area contributed by atoms with Crippen LogP contribution in [-0.2, 0) is 0 Å². The summed E-state index contributed by atoms with van der Waals surface area (Å²) in [6.07, 6.45) is 0. The predicted molar refractivity (Wildman–Crippen MR) is 24.8 cm³/mol. The van der Waals surface area contributed by atoms with Gasteiger partial charge >= 0.3 is 0 Å². The summed E-state index contributed by atoms with van der Waals surface area (Å²) >= 11 is 0. The van der Waals surface area contributed by atoms with E-state index in [0.717, 1.165) is 0 Å². The summed E-state index contributed by atoms with van der Waals surface area (Å²) in [5.74, 6) is 0. The van der Waals surface area contributed by atoms with Gasteiger partial charge in [-0.05, 0) is 0 Å². The molecule has 9 heteroatoms. The van der Waals surface area contributed by atoms with E-state index < -0.39 is 5.09 Å². The molecule has 0 heterocycles. The van der Waals surface area contributed by atoms with E-state index in [1.165, 1.54) is 0 Å². The second-order valence-corrected chi connectivity index (χ2v) is 0.224. The first-order chi connectivity index (χ1) is 1.73. The standard InChI is InChI=1S/NO3.4H2O.Tm/c2-1(3)4;;;;;/h;4*1H2;/q-1;;;;;. The average molecular weight is 303 g/mol. The van der Waals surface area contributed by atoms with Gasteiger partial charge in [0.1, 0.15) is 0 Å². The van der Waals surface area contributed by atoms with Gasteiger partial charge in [-0.25, -0.2) is 0 Å². The van der Waals surface area contributed by atoms with Gasteiger partial charge in [-0.2, -0.15) is 0 Å². The molecule has 0 aliphatic heterocycles. The Hall–Kier alpha value is 0.274. The van der Waals surface area contributed by atoms with Gasteiger partial charge in [-0.3, -0.25) is 0 Å². The smallest absolute Gasteiger partial charge is 0.0689 e. The number of rotatable bonds is 0. The Bertz CT molecular complexity index is 31.9. The van der Waals surface area contributed by atoms with Crippen molar-refractivity contribution >= 4 is 0 Å². The Labute approximate surface area is 79.0 Å². The molecule has 8 N–H and O–H groups in total. The topological polar surface area (TPSA) is 192 Å². The van der Waals surface area contributed by atoms with Gasteiger partial charge < -0.3 is 37.2 Å². The average Bonchev–Trinajstić information content (AvgIpc) is 0.811. The molecule has 0 saturated carbocycles. The van der Waals surface area contributed by atoms with Crippen molar-refractivity contribution in [3.8, 4) is 0 Å². The summed E-state index contributed by atoms with van der Waals surface area (Å²) in [4.78, 5) is 8.25. The Morgan fingerprint density at radius 3 is 0.889 bits per heavy atom. The maximum atomic E-state index is 8.25. The minimum Gasteiger partial charge on any atom is -0.412 e. The van der Waals surface area contributed by atoms with Gasteiger partial charge in [0.2, 0.25) is 0 Å². The normalized spacial score (nSPS) is 2.67. The fourth-order valence-corrected chi connectivity index (χ4v) is 0. The van der Waals surface area contributed by atoms with E-state index in [0.29, 0.717) is 0 Å². The van der Waals surface area contributed by atoms with E-state index in [1.54, 1.807) is 0 Å². The van der Waals surface area contributed by atoms with E-state index in [9.17, 15) is 0 Å². The molecule has 0 fully saturated rings. The van der Waals surface area contributed by atoms with Crippen LogP contribution in [0.5, 0.6) is 0 Å². The molecular formula is H8NO7Tm-. The summed E-state index contributed by atoms with van der Waals surface area (Å²) in [6.45, 7) is 0. The van der Waals surface area contributed by atoms with Crippen LogP contribution < -0.4 is 0 Å². The van der Waals surface area contributed by atoms with Crippen molar-refractivity contribution < 1.29 is 63.9 Å².